The van der Waals surface area contributed by atoms with Crippen molar-refractivity contribution in [1.82, 2.24) is 9.13 Å². The third-order valence-corrected chi connectivity index (χ3v) is 9.03. The van der Waals surface area contributed by atoms with Crippen LogP contribution in [0.1, 0.15) is 5.56 Å². The number of carbonyl (C=O) groups excluding carboxylic acids is 1. The lowest BCUT2D eigenvalue weighted by Gasteiger charge is -2.13. The summed E-state index contributed by atoms with van der Waals surface area (Å²) in [6.45, 7) is 0.201. The monoisotopic (exact) mass is 592 g/mol. The molecule has 0 radical (unpaired) electrons. The molecular formula is C42H28N2O2. The molecule has 4 nitrogen and oxygen atoms in total. The van der Waals surface area contributed by atoms with Gasteiger partial charge in [-0.3, -0.25) is 0 Å². The fraction of sp³-hybridized carbons (Fsp3) is 0.0238. The summed E-state index contributed by atoms with van der Waals surface area (Å²) in [5.41, 5.74) is 8.14. The lowest BCUT2D eigenvalue weighted by atomic mass is 9.96. The summed E-state index contributed by atoms with van der Waals surface area (Å²) in [4.78, 5) is 13.9. The molecule has 0 amide bonds. The Labute approximate surface area is 265 Å². The molecule has 46 heavy (non-hydrogen) atoms. The number of ether oxygens (including phenoxy) is 1. The summed E-state index contributed by atoms with van der Waals surface area (Å²) in [6.07, 6.45) is -0.396. The van der Waals surface area contributed by atoms with Gasteiger partial charge in [-0.1, -0.05) is 121 Å². The van der Waals surface area contributed by atoms with Crippen molar-refractivity contribution in [3.05, 3.63) is 163 Å². The predicted molar refractivity (Wildman–Crippen MR) is 189 cm³/mol. The Morgan fingerprint density at radius 3 is 1.98 bits per heavy atom. The zero-order valence-electron chi connectivity index (χ0n) is 24.9. The maximum absolute atomic E-state index is 13.9. The van der Waals surface area contributed by atoms with Crippen molar-refractivity contribution in [1.29, 1.82) is 0 Å². The quantitative estimate of drug-likeness (QED) is 0.204. The highest BCUT2D eigenvalue weighted by molar-refractivity contribution is 6.28. The Morgan fingerprint density at radius 2 is 1.20 bits per heavy atom. The van der Waals surface area contributed by atoms with Gasteiger partial charge in [-0.15, -0.1) is 0 Å². The zero-order valence-corrected chi connectivity index (χ0v) is 24.9. The second-order valence-electron chi connectivity index (χ2n) is 11.7. The average Bonchev–Trinajstić information content (AvgIpc) is 3.63. The van der Waals surface area contributed by atoms with E-state index in [4.69, 9.17) is 4.74 Å². The van der Waals surface area contributed by atoms with Crippen LogP contribution in [0, 0.1) is 0 Å². The fourth-order valence-corrected chi connectivity index (χ4v) is 7.01. The van der Waals surface area contributed by atoms with Crippen LogP contribution in [0.2, 0.25) is 0 Å². The third-order valence-electron chi connectivity index (χ3n) is 9.03. The molecule has 2 heterocycles. The minimum atomic E-state index is -0.396. The highest BCUT2D eigenvalue weighted by Crippen LogP contribution is 2.44. The summed E-state index contributed by atoms with van der Waals surface area (Å²) in [7, 11) is 0. The summed E-state index contributed by atoms with van der Waals surface area (Å²) in [5.74, 6) is 0. The SMILES string of the molecule is O=C(OCc1ccccc1)n1c2ccccc2c2cc3c4c5ccccc5cc(-c5ccccc5)c4n(-c4ccccc4)c3cc21. The average molecular weight is 593 g/mol. The van der Waals surface area contributed by atoms with E-state index in [-0.39, 0.29) is 6.61 Å². The van der Waals surface area contributed by atoms with E-state index in [1.165, 1.54) is 16.2 Å². The highest BCUT2D eigenvalue weighted by atomic mass is 16.5. The molecule has 0 aliphatic heterocycles. The van der Waals surface area contributed by atoms with Gasteiger partial charge in [0.1, 0.15) is 6.61 Å². The van der Waals surface area contributed by atoms with Crippen LogP contribution in [0.5, 0.6) is 0 Å². The molecule has 9 aromatic rings. The molecule has 0 spiro atoms. The van der Waals surface area contributed by atoms with Gasteiger partial charge in [0.15, 0.2) is 0 Å². The number of para-hydroxylation sites is 2. The van der Waals surface area contributed by atoms with Crippen molar-refractivity contribution < 1.29 is 9.53 Å². The molecule has 218 valence electrons. The second kappa shape index (κ2) is 10.5. The molecule has 0 unspecified atom stereocenters. The van der Waals surface area contributed by atoms with Crippen LogP contribution in [0.25, 0.3) is 71.2 Å². The number of hydrogen-bond acceptors (Lipinski definition) is 2. The summed E-state index contributed by atoms with van der Waals surface area (Å²) in [6, 6.07) is 54.4. The first-order valence-corrected chi connectivity index (χ1v) is 15.5. The Hall–Kier alpha value is -6.13. The van der Waals surface area contributed by atoms with E-state index in [0.717, 1.165) is 60.6 Å². The van der Waals surface area contributed by atoms with Gasteiger partial charge >= 0.3 is 6.09 Å². The van der Waals surface area contributed by atoms with Gasteiger partial charge in [0.2, 0.25) is 0 Å². The molecule has 0 atom stereocenters. The number of nitrogens with zero attached hydrogens (tertiary/aromatic N) is 2. The first-order valence-electron chi connectivity index (χ1n) is 15.5. The number of fused-ring (bicyclic) bond motifs is 8. The molecule has 4 heteroatoms. The van der Waals surface area contributed by atoms with Crippen LogP contribution in [0.4, 0.5) is 4.79 Å². The summed E-state index contributed by atoms with van der Waals surface area (Å²) in [5, 5.41) is 6.75. The number of hydrogen-bond donors (Lipinski definition) is 0. The maximum atomic E-state index is 13.9. The van der Waals surface area contributed by atoms with Crippen molar-refractivity contribution in [2.24, 2.45) is 0 Å². The standard InChI is InChI=1S/C42H28N2O2/c45-42(46-27-28-14-4-1-5-15-28)44-37-23-13-12-22-33(37)35-25-36-39(26-38(35)44)43(31-19-8-3-9-20-31)41-34(29-16-6-2-7-17-29)24-30-18-10-11-21-32(30)40(36)41/h1-26H,27H2. The number of carbonyl (C=O) groups is 1. The van der Waals surface area contributed by atoms with Gasteiger partial charge in [-0.2, -0.15) is 0 Å². The number of rotatable bonds is 4. The molecule has 0 fully saturated rings. The molecule has 7 aromatic carbocycles. The van der Waals surface area contributed by atoms with E-state index < -0.39 is 6.09 Å². The highest BCUT2D eigenvalue weighted by Gasteiger charge is 2.23. The predicted octanol–water partition coefficient (Wildman–Crippen LogP) is 10.9. The van der Waals surface area contributed by atoms with E-state index in [1.54, 1.807) is 4.57 Å². The molecule has 0 N–H and O–H groups in total. The molecule has 2 aromatic heterocycles. The molecule has 0 aliphatic rings. The van der Waals surface area contributed by atoms with Gasteiger partial charge in [-0.05, 0) is 58.3 Å². The van der Waals surface area contributed by atoms with Gasteiger partial charge in [0.05, 0.1) is 22.1 Å². The molecule has 0 saturated carbocycles. The van der Waals surface area contributed by atoms with E-state index >= 15 is 0 Å². The van der Waals surface area contributed by atoms with E-state index in [2.05, 4.69) is 108 Å². The van der Waals surface area contributed by atoms with Crippen LogP contribution in [-0.2, 0) is 11.3 Å². The fourth-order valence-electron chi connectivity index (χ4n) is 7.01. The first-order chi connectivity index (χ1) is 22.8. The van der Waals surface area contributed by atoms with E-state index in [1.807, 2.05) is 54.6 Å². The lowest BCUT2D eigenvalue weighted by molar-refractivity contribution is 0.143. The number of aromatic nitrogens is 2. The smallest absolute Gasteiger partial charge is 0.419 e. The molecular weight excluding hydrogens is 564 g/mol. The van der Waals surface area contributed by atoms with Crippen molar-refractivity contribution in [3.63, 3.8) is 0 Å². The molecule has 0 saturated heterocycles. The van der Waals surface area contributed by atoms with Gasteiger partial charge in [-0.25, -0.2) is 9.36 Å². The van der Waals surface area contributed by atoms with E-state index in [0.29, 0.717) is 0 Å². The largest absolute Gasteiger partial charge is 0.444 e. The van der Waals surface area contributed by atoms with Gasteiger partial charge < -0.3 is 9.30 Å². The van der Waals surface area contributed by atoms with Crippen molar-refractivity contribution in [2.45, 2.75) is 6.61 Å². The van der Waals surface area contributed by atoms with Crippen molar-refractivity contribution >= 4 is 60.5 Å². The van der Waals surface area contributed by atoms with Crippen LogP contribution in [0.15, 0.2) is 158 Å². The minimum Gasteiger partial charge on any atom is -0.444 e. The topological polar surface area (TPSA) is 36.2 Å². The zero-order chi connectivity index (χ0) is 30.6. The normalized spacial score (nSPS) is 11.7. The van der Waals surface area contributed by atoms with Crippen molar-refractivity contribution in [2.75, 3.05) is 0 Å². The Kier molecular flexibility index (Phi) is 6.00. The van der Waals surface area contributed by atoms with Gasteiger partial charge in [0.25, 0.3) is 0 Å². The number of benzene rings is 7. The Bertz CT molecular complexity index is 2580. The Morgan fingerprint density at radius 1 is 0.543 bits per heavy atom. The maximum Gasteiger partial charge on any atom is 0.419 e. The Balaban J connectivity index is 1.42. The minimum absolute atomic E-state index is 0.201. The third kappa shape index (κ3) is 4.04. The second-order valence-corrected chi connectivity index (χ2v) is 11.7. The summed E-state index contributed by atoms with van der Waals surface area (Å²) < 4.78 is 10.0. The molecule has 0 aliphatic carbocycles. The van der Waals surface area contributed by atoms with Crippen LogP contribution >= 0.6 is 0 Å². The van der Waals surface area contributed by atoms with E-state index in [9.17, 15) is 4.79 Å². The first kappa shape index (κ1) is 26.3. The van der Waals surface area contributed by atoms with Crippen LogP contribution in [0.3, 0.4) is 0 Å². The lowest BCUT2D eigenvalue weighted by Crippen LogP contribution is -2.13. The van der Waals surface area contributed by atoms with Gasteiger partial charge in [0, 0.05) is 32.8 Å². The molecule has 9 rings (SSSR count). The van der Waals surface area contributed by atoms with Crippen LogP contribution < -0.4 is 0 Å². The molecule has 0 bridgehead atoms. The summed E-state index contributed by atoms with van der Waals surface area (Å²) >= 11 is 0. The van der Waals surface area contributed by atoms with Crippen LogP contribution in [-0.4, -0.2) is 15.2 Å². The van der Waals surface area contributed by atoms with Crippen molar-refractivity contribution in [3.8, 4) is 16.8 Å².